The second-order valence-electron chi connectivity index (χ2n) is 5.76. The fraction of sp³-hybridized carbons (Fsp3) is 1.00. The molecule has 2 atom stereocenters. The summed E-state index contributed by atoms with van der Waals surface area (Å²) >= 11 is 0. The highest BCUT2D eigenvalue weighted by molar-refractivity contribution is 4.80. The smallest absolute Gasteiger partial charge is 0.0237 e. The lowest BCUT2D eigenvalue weighted by atomic mass is 10.0. The molecule has 0 heterocycles. The molecule has 0 bridgehead atoms. The molecule has 0 radical (unpaired) electrons. The molecule has 0 aromatic rings. The van der Waals surface area contributed by atoms with E-state index < -0.39 is 0 Å². The van der Waals surface area contributed by atoms with Gasteiger partial charge >= 0.3 is 0 Å². The van der Waals surface area contributed by atoms with Gasteiger partial charge in [0, 0.05) is 18.6 Å². The summed E-state index contributed by atoms with van der Waals surface area (Å²) in [5.41, 5.74) is 0. The van der Waals surface area contributed by atoms with Crippen molar-refractivity contribution in [2.75, 3.05) is 20.6 Å². The Hall–Kier alpha value is -0.0800. The van der Waals surface area contributed by atoms with E-state index in [-0.39, 0.29) is 0 Å². The summed E-state index contributed by atoms with van der Waals surface area (Å²) in [6.45, 7) is 8.06. The van der Waals surface area contributed by atoms with Gasteiger partial charge in [0.1, 0.15) is 0 Å². The first-order chi connectivity index (χ1) is 7.00. The summed E-state index contributed by atoms with van der Waals surface area (Å²) in [6.07, 6.45) is 4.30. The van der Waals surface area contributed by atoms with Gasteiger partial charge in [-0.05, 0) is 39.3 Å². The molecule has 0 aromatic heterocycles. The van der Waals surface area contributed by atoms with Gasteiger partial charge in [-0.25, -0.2) is 0 Å². The Kier molecular flexibility index (Phi) is 5.07. The Bertz CT molecular complexity index is 165. The molecule has 1 aliphatic rings. The van der Waals surface area contributed by atoms with E-state index in [1.54, 1.807) is 0 Å². The van der Waals surface area contributed by atoms with Gasteiger partial charge in [-0.2, -0.15) is 0 Å². The Morgan fingerprint density at radius 1 is 1.20 bits per heavy atom. The minimum Gasteiger partial charge on any atom is -0.313 e. The van der Waals surface area contributed by atoms with Crippen molar-refractivity contribution < 1.29 is 0 Å². The van der Waals surface area contributed by atoms with Crippen LogP contribution in [0.15, 0.2) is 0 Å². The van der Waals surface area contributed by atoms with Crippen LogP contribution in [0.4, 0.5) is 0 Å². The molecule has 0 amide bonds. The maximum absolute atomic E-state index is 3.68. The highest BCUT2D eigenvalue weighted by Gasteiger charge is 2.24. The second kappa shape index (κ2) is 5.86. The first-order valence-corrected chi connectivity index (χ1v) is 6.40. The molecule has 2 heteroatoms. The van der Waals surface area contributed by atoms with Gasteiger partial charge in [0.15, 0.2) is 0 Å². The third-order valence-corrected chi connectivity index (χ3v) is 3.49. The van der Waals surface area contributed by atoms with Gasteiger partial charge in [-0.1, -0.05) is 26.7 Å². The number of hydrogen-bond donors (Lipinski definition) is 1. The molecule has 2 nitrogen and oxygen atoms in total. The normalized spacial score (nSPS) is 21.0. The zero-order valence-corrected chi connectivity index (χ0v) is 11.1. The quantitative estimate of drug-likeness (QED) is 0.697. The van der Waals surface area contributed by atoms with Gasteiger partial charge in [0.05, 0.1) is 0 Å². The van der Waals surface area contributed by atoms with Gasteiger partial charge in [-0.15, -0.1) is 0 Å². The predicted octanol–water partition coefficient (Wildman–Crippen LogP) is 2.35. The molecule has 0 aromatic carbocycles. The fourth-order valence-corrected chi connectivity index (χ4v) is 2.27. The average Bonchev–Trinajstić information content (AvgIpc) is 2.86. The van der Waals surface area contributed by atoms with E-state index in [1.807, 2.05) is 0 Å². The standard InChI is InChI=1S/C13H28N2/c1-10(2)13(15(4)5)9-14-11(3)8-12-6-7-12/h10-14H,6-9H2,1-5H3. The van der Waals surface area contributed by atoms with Crippen LogP contribution in [0.25, 0.3) is 0 Å². The highest BCUT2D eigenvalue weighted by Crippen LogP contribution is 2.33. The maximum atomic E-state index is 3.68. The molecule has 1 saturated carbocycles. The van der Waals surface area contributed by atoms with E-state index in [9.17, 15) is 0 Å². The molecule has 15 heavy (non-hydrogen) atoms. The molecule has 0 aliphatic heterocycles. The van der Waals surface area contributed by atoms with Crippen LogP contribution in [0.2, 0.25) is 0 Å². The van der Waals surface area contributed by atoms with Gasteiger partial charge in [-0.3, -0.25) is 0 Å². The van der Waals surface area contributed by atoms with Gasteiger partial charge in [0.25, 0.3) is 0 Å². The molecular weight excluding hydrogens is 184 g/mol. The van der Waals surface area contributed by atoms with E-state index in [0.29, 0.717) is 12.1 Å². The van der Waals surface area contributed by atoms with Crippen LogP contribution in [0.1, 0.15) is 40.0 Å². The second-order valence-corrected chi connectivity index (χ2v) is 5.76. The van der Waals surface area contributed by atoms with E-state index in [2.05, 4.69) is 45.1 Å². The van der Waals surface area contributed by atoms with Crippen molar-refractivity contribution >= 4 is 0 Å². The van der Waals surface area contributed by atoms with E-state index in [0.717, 1.165) is 18.4 Å². The molecule has 0 saturated heterocycles. The van der Waals surface area contributed by atoms with E-state index in [1.165, 1.54) is 19.3 Å². The van der Waals surface area contributed by atoms with Crippen molar-refractivity contribution in [3.63, 3.8) is 0 Å². The number of hydrogen-bond acceptors (Lipinski definition) is 2. The van der Waals surface area contributed by atoms with Crippen molar-refractivity contribution in [2.45, 2.75) is 52.1 Å². The third kappa shape index (κ3) is 4.98. The third-order valence-electron chi connectivity index (χ3n) is 3.49. The van der Waals surface area contributed by atoms with E-state index in [4.69, 9.17) is 0 Å². The molecule has 1 rings (SSSR count). The largest absolute Gasteiger partial charge is 0.313 e. The number of likely N-dealkylation sites (N-methyl/N-ethyl adjacent to an activating group) is 1. The Labute approximate surface area is 95.4 Å². The zero-order chi connectivity index (χ0) is 11.4. The number of rotatable bonds is 7. The fourth-order valence-electron chi connectivity index (χ4n) is 2.27. The van der Waals surface area contributed by atoms with Crippen molar-refractivity contribution in [3.05, 3.63) is 0 Å². The SMILES string of the molecule is CC(CC1CC1)NCC(C(C)C)N(C)C. The molecule has 1 fully saturated rings. The molecule has 1 N–H and O–H groups in total. The van der Waals surface area contributed by atoms with Crippen LogP contribution in [0, 0.1) is 11.8 Å². The monoisotopic (exact) mass is 212 g/mol. The number of nitrogens with zero attached hydrogens (tertiary/aromatic N) is 1. The molecule has 90 valence electrons. The van der Waals surface area contributed by atoms with E-state index >= 15 is 0 Å². The predicted molar refractivity (Wildman–Crippen MR) is 67.1 cm³/mol. The van der Waals surface area contributed by atoms with Crippen LogP contribution >= 0.6 is 0 Å². The Morgan fingerprint density at radius 3 is 2.20 bits per heavy atom. The molecule has 2 unspecified atom stereocenters. The van der Waals surface area contributed by atoms with Gasteiger partial charge < -0.3 is 10.2 Å². The van der Waals surface area contributed by atoms with Gasteiger partial charge in [0.2, 0.25) is 0 Å². The zero-order valence-electron chi connectivity index (χ0n) is 11.1. The van der Waals surface area contributed by atoms with Crippen LogP contribution in [0.5, 0.6) is 0 Å². The van der Waals surface area contributed by atoms with Crippen molar-refractivity contribution in [1.29, 1.82) is 0 Å². The van der Waals surface area contributed by atoms with Crippen LogP contribution in [0.3, 0.4) is 0 Å². The van der Waals surface area contributed by atoms with Crippen LogP contribution < -0.4 is 5.32 Å². The number of nitrogens with one attached hydrogen (secondary N) is 1. The lowest BCUT2D eigenvalue weighted by Crippen LogP contribution is -2.44. The summed E-state index contributed by atoms with van der Waals surface area (Å²) in [6, 6.07) is 1.35. The topological polar surface area (TPSA) is 15.3 Å². The minimum atomic E-state index is 0.659. The first kappa shape index (κ1) is 13.0. The first-order valence-electron chi connectivity index (χ1n) is 6.40. The Morgan fingerprint density at radius 2 is 1.80 bits per heavy atom. The lowest BCUT2D eigenvalue weighted by Gasteiger charge is -2.29. The summed E-state index contributed by atoms with van der Waals surface area (Å²) in [5.74, 6) is 1.75. The maximum Gasteiger partial charge on any atom is 0.0237 e. The lowest BCUT2D eigenvalue weighted by molar-refractivity contribution is 0.218. The summed E-state index contributed by atoms with van der Waals surface area (Å²) < 4.78 is 0. The van der Waals surface area contributed by atoms with Crippen LogP contribution in [-0.4, -0.2) is 37.6 Å². The molecule has 1 aliphatic carbocycles. The van der Waals surface area contributed by atoms with Crippen molar-refractivity contribution in [1.82, 2.24) is 10.2 Å². The summed E-state index contributed by atoms with van der Waals surface area (Å²) in [7, 11) is 4.36. The van der Waals surface area contributed by atoms with Crippen molar-refractivity contribution in [2.24, 2.45) is 11.8 Å². The molecule has 0 spiro atoms. The Balaban J connectivity index is 2.19. The van der Waals surface area contributed by atoms with Crippen LogP contribution in [-0.2, 0) is 0 Å². The highest BCUT2D eigenvalue weighted by atomic mass is 15.1. The average molecular weight is 212 g/mol. The molecular formula is C13H28N2. The summed E-state index contributed by atoms with van der Waals surface area (Å²) in [5, 5.41) is 3.68. The summed E-state index contributed by atoms with van der Waals surface area (Å²) in [4.78, 5) is 2.33. The minimum absolute atomic E-state index is 0.659. The van der Waals surface area contributed by atoms with Crippen molar-refractivity contribution in [3.8, 4) is 0 Å².